The number of anilines is 3. The Labute approximate surface area is 725 Å². The van der Waals surface area contributed by atoms with Crippen molar-refractivity contribution in [1.29, 1.82) is 0 Å². The first kappa shape index (κ1) is 89.3. The maximum atomic E-state index is 15.3. The van der Waals surface area contributed by atoms with Crippen LogP contribution in [0.4, 0.5) is 17.1 Å². The summed E-state index contributed by atoms with van der Waals surface area (Å²) in [6.07, 6.45) is -21.2. The lowest BCUT2D eigenvalue weighted by Gasteiger charge is -2.29. The number of ether oxygens (including phenoxy) is 32. The van der Waals surface area contributed by atoms with Crippen LogP contribution in [0.5, 0.6) is 0 Å². The molecule has 0 aliphatic carbocycles. The van der Waals surface area contributed by atoms with E-state index >= 15 is 9.59 Å². The molecule has 37 heteroatoms. The van der Waals surface area contributed by atoms with Gasteiger partial charge in [-0.25, -0.2) is 0 Å². The number of nitrogens with one attached hydrogen (secondary N) is 2. The van der Waals surface area contributed by atoms with E-state index < -0.39 is 242 Å². The van der Waals surface area contributed by atoms with E-state index in [1.165, 1.54) is 0 Å². The summed E-state index contributed by atoms with van der Waals surface area (Å²) in [6, 6.07) is 16.5. The molecule has 2 amide bonds. The Morgan fingerprint density at radius 3 is 0.704 bits per heavy atom. The zero-order chi connectivity index (χ0) is 88.0. The minimum Gasteiger partial charge on any atom is -0.399 e. The summed E-state index contributed by atoms with van der Waals surface area (Å²) in [5.41, 5.74) is 11.7. The highest BCUT2D eigenvalue weighted by Gasteiger charge is 2.66. The van der Waals surface area contributed by atoms with Gasteiger partial charge in [-0.2, -0.15) is 0 Å². The molecule has 16 heterocycles. The van der Waals surface area contributed by atoms with Crippen LogP contribution in [0.15, 0.2) is 54.6 Å². The van der Waals surface area contributed by atoms with E-state index in [-0.39, 0.29) is 66.1 Å². The zero-order valence-electron chi connectivity index (χ0n) is 74.4. The molecule has 37 nitrogen and oxygen atoms in total. The average Bonchev–Trinajstić information content (AvgIpc) is 1.65. The van der Waals surface area contributed by atoms with Crippen LogP contribution < -0.4 is 16.4 Å². The molecule has 0 saturated carbocycles. The molecule has 0 spiro atoms. The number of amides is 2. The van der Waals surface area contributed by atoms with E-state index in [9.17, 15) is 0 Å². The lowest BCUT2D eigenvalue weighted by atomic mass is 10.0. The number of benzene rings is 3. The van der Waals surface area contributed by atoms with E-state index in [4.69, 9.17) is 157 Å². The summed E-state index contributed by atoms with van der Waals surface area (Å²) in [6.45, 7) is 37.2. The molecule has 28 atom stereocenters. The summed E-state index contributed by atoms with van der Waals surface area (Å²) in [7, 11) is 0. The largest absolute Gasteiger partial charge is 0.399 e. The zero-order valence-corrected chi connectivity index (χ0v) is 74.4. The maximum absolute atomic E-state index is 15.3. The molecule has 16 aliphatic rings. The van der Waals surface area contributed by atoms with E-state index in [0.717, 1.165) is 0 Å². The quantitative estimate of drug-likeness (QED) is 0.0647. The van der Waals surface area contributed by atoms with Crippen LogP contribution in [0.3, 0.4) is 0 Å². The molecule has 16 fully saturated rings. The highest BCUT2D eigenvalue weighted by Crippen LogP contribution is 2.50. The van der Waals surface area contributed by atoms with Gasteiger partial charge in [0.2, 0.25) is 0 Å². The van der Waals surface area contributed by atoms with Gasteiger partial charge >= 0.3 is 0 Å². The smallest absolute Gasteiger partial charge is 0.256 e. The number of carbonyl (C=O) groups is 2. The molecule has 16 saturated heterocycles. The lowest BCUT2D eigenvalue weighted by molar-refractivity contribution is -0.237. The summed E-state index contributed by atoms with van der Waals surface area (Å²) in [5, 5.41) is 6.28. The fourth-order valence-corrected chi connectivity index (χ4v) is 19.8. The molecule has 3 unspecified atom stereocenters. The van der Waals surface area contributed by atoms with E-state index in [2.05, 4.69) is 10.6 Å². The number of nitrogens with two attached hydrogens (primary N) is 1. The second-order valence-electron chi connectivity index (χ2n) is 39.6. The highest BCUT2D eigenvalue weighted by molar-refractivity contribution is 5.96. The second-order valence-corrected chi connectivity index (χ2v) is 39.6. The SMILES string of the molecule is CC1(C)OCC(C2O[C@@H]3OC(C)(C)O[C@@H]3C2OCc2cc(CO[C@@H]3[C@H]4OC(C)(C)O[C@H]4O[C@@H]3[C@H]3COC(C)(C)O3)cc(NC(=O)[C@H]3O[C@@H]4OC(C)(C)O[C@@H]4[C@H]3OCc3cc(N)cc(CO[C@@H]4[C@H]5OC(C)(C)O[C@H]5O[C@@H]4C(=O)Nc4cc(CO[C@@H]5[C@H]6OC(C)(C)O[C@H]6O[C@@H]5[C@H]5COC(C)(C)O5)cc(CO[C@@H]5[C@H]6OC(C)(C)O[C@H]6O[C@@H]5[C@H]5COC(C)(C)O5)c4)c3)c2)O1. The Balaban J connectivity index is 0.560. The van der Waals surface area contributed by atoms with Crippen molar-refractivity contribution in [3.63, 3.8) is 0 Å². The van der Waals surface area contributed by atoms with Gasteiger partial charge in [0.15, 0.2) is 108 Å². The molecule has 19 rings (SSSR count). The summed E-state index contributed by atoms with van der Waals surface area (Å²) < 4.78 is 206. The van der Waals surface area contributed by atoms with Gasteiger partial charge in [0.1, 0.15) is 122 Å². The van der Waals surface area contributed by atoms with Gasteiger partial charge in [0.25, 0.3) is 11.8 Å². The Morgan fingerprint density at radius 1 is 0.272 bits per heavy atom. The fourth-order valence-electron chi connectivity index (χ4n) is 19.8. The van der Waals surface area contributed by atoms with Crippen LogP contribution in [0.25, 0.3) is 0 Å². The number of carbonyl (C=O) groups excluding carboxylic acids is 2. The van der Waals surface area contributed by atoms with E-state index in [1.807, 2.05) is 153 Å². The third-order valence-corrected chi connectivity index (χ3v) is 24.6. The topological polar surface area (TPSA) is 380 Å². The maximum Gasteiger partial charge on any atom is 0.256 e. The molecule has 0 aromatic heterocycles. The van der Waals surface area contributed by atoms with Gasteiger partial charge in [-0.15, -0.1) is 0 Å². The van der Waals surface area contributed by atoms with Crippen molar-refractivity contribution in [3.05, 3.63) is 88.0 Å². The molecule has 0 bridgehead atoms. The number of hydrogen-bond acceptors (Lipinski definition) is 35. The summed E-state index contributed by atoms with van der Waals surface area (Å²) in [4.78, 5) is 30.5. The van der Waals surface area contributed by atoms with Gasteiger partial charge in [-0.3, -0.25) is 9.59 Å². The Hall–Kier alpha value is -4.88. The minimum atomic E-state index is -1.29. The first-order valence-corrected chi connectivity index (χ1v) is 43.5. The van der Waals surface area contributed by atoms with Crippen molar-refractivity contribution in [2.24, 2.45) is 0 Å². The van der Waals surface area contributed by atoms with Crippen molar-refractivity contribution in [2.45, 2.75) is 408 Å². The molecule has 4 N–H and O–H groups in total. The molecular weight excluding hydrogens is 1640 g/mol. The number of nitrogen functional groups attached to an aromatic ring is 1. The second kappa shape index (κ2) is 32.8. The average molecular weight is 1760 g/mol. The molecule has 16 aliphatic heterocycles. The van der Waals surface area contributed by atoms with Crippen molar-refractivity contribution in [3.8, 4) is 0 Å². The van der Waals surface area contributed by atoms with Crippen LogP contribution in [-0.2, 0) is 201 Å². The molecule has 0 radical (unpaired) electrons. The highest BCUT2D eigenvalue weighted by atomic mass is 16.9. The van der Waals surface area contributed by atoms with Crippen LogP contribution in [-0.4, -0.2) is 268 Å². The Morgan fingerprint density at radius 2 is 0.480 bits per heavy atom. The van der Waals surface area contributed by atoms with Crippen molar-refractivity contribution in [1.82, 2.24) is 0 Å². The van der Waals surface area contributed by atoms with Crippen LogP contribution in [0.1, 0.15) is 172 Å². The lowest BCUT2D eigenvalue weighted by Crippen LogP contribution is -2.44. The van der Waals surface area contributed by atoms with Crippen LogP contribution in [0.2, 0.25) is 0 Å². The van der Waals surface area contributed by atoms with Crippen molar-refractivity contribution < 1.29 is 161 Å². The molecule has 125 heavy (non-hydrogen) atoms. The van der Waals surface area contributed by atoms with Gasteiger partial charge in [-0.1, -0.05) is 18.2 Å². The predicted octanol–water partition coefficient (Wildman–Crippen LogP) is 7.72. The van der Waals surface area contributed by atoms with Gasteiger partial charge in [-0.05, 0) is 208 Å². The van der Waals surface area contributed by atoms with Crippen LogP contribution in [0, 0.1) is 0 Å². The molecular formula is C88H121N3O34. The van der Waals surface area contributed by atoms with Gasteiger partial charge in [0.05, 0.1) is 66.1 Å². The van der Waals surface area contributed by atoms with Crippen LogP contribution >= 0.6 is 0 Å². The summed E-state index contributed by atoms with van der Waals surface area (Å²) in [5.74, 6) is -10.6. The Bertz CT molecular complexity index is 4020. The third kappa shape index (κ3) is 19.0. The molecule has 3 aromatic carbocycles. The molecule has 692 valence electrons. The van der Waals surface area contributed by atoms with E-state index in [1.54, 1.807) is 39.8 Å². The monoisotopic (exact) mass is 1760 g/mol. The van der Waals surface area contributed by atoms with Crippen molar-refractivity contribution >= 4 is 28.9 Å². The normalized spacial score (nSPS) is 41.6. The standard InChI is InChI=1S/C88H121N3O34/c1-79(2)100-36-49(110-79)53-57(65-73(104-53)120-83(9,10)114-65)94-32-42-22-43(33-95-58-54(50-37-101-80(3,4)111-50)105-74-66(58)115-84(11,12)121-74)27-47(26-42)90-71(92)63-61(69-77(108-63)124-87(17,18)118-69)98-30-40-21-41(25-46(89)24-40)31-99-62-64(109-78-70(62)119-88(19,20)125-78)72(93)91-48-28-44(34-96-59-55(51-38-102-81(5,6)112-51)106-75-67(59)116-85(13,14)122-75)23-45(29-48)35-97-60-56(52-39-103-82(7,8)113-52)107-76-68(60)117-86(15,16)123-76/h21-29,49-70,73-78H,30-39,89H2,1-20H3,(H,90,92)(H,91,93)/t49-,50-,51-,52?,53-,54-,55-,56?,57+,58+,59+,60?,61+,62+,63+,64+,65-,66-,67-,68-,69-,70-,73-,74-,75-,76-,77-,78-/m1/s1. The third-order valence-electron chi connectivity index (χ3n) is 24.6. The number of rotatable bonds is 26. The van der Waals surface area contributed by atoms with Gasteiger partial charge < -0.3 is 168 Å². The number of fused-ring (bicyclic) bond motifs is 6. The fraction of sp³-hybridized carbons (Fsp3) is 0.773. The first-order chi connectivity index (χ1) is 58.7. The number of hydrogen-bond donors (Lipinski definition) is 3. The predicted molar refractivity (Wildman–Crippen MR) is 424 cm³/mol. The van der Waals surface area contributed by atoms with Gasteiger partial charge in [0, 0.05) is 17.1 Å². The Kier molecular flexibility index (Phi) is 23.4. The minimum absolute atomic E-state index is 0.00769. The first-order valence-electron chi connectivity index (χ1n) is 43.5. The van der Waals surface area contributed by atoms with E-state index in [0.29, 0.717) is 50.4 Å². The van der Waals surface area contributed by atoms with Crippen molar-refractivity contribution in [2.75, 3.05) is 42.8 Å². The summed E-state index contributed by atoms with van der Waals surface area (Å²) >= 11 is 0. The molecule has 3 aromatic rings.